The normalized spacial score (nSPS) is 10.9. The van der Waals surface area contributed by atoms with Crippen LogP contribution in [0.15, 0.2) is 15.9 Å². The van der Waals surface area contributed by atoms with Gasteiger partial charge in [-0.25, -0.2) is 0 Å². The molecule has 5 heteroatoms. The van der Waals surface area contributed by atoms with Gasteiger partial charge in [0, 0.05) is 4.47 Å². The van der Waals surface area contributed by atoms with Gasteiger partial charge in [0.15, 0.2) is 0 Å². The van der Waals surface area contributed by atoms with E-state index in [0.29, 0.717) is 17.7 Å². The van der Waals surface area contributed by atoms with E-state index < -0.39 is 5.54 Å². The number of carbonyl (C=O) groups is 1. The van der Waals surface area contributed by atoms with Gasteiger partial charge >= 0.3 is 0 Å². The van der Waals surface area contributed by atoms with Crippen molar-refractivity contribution < 1.29 is 4.79 Å². The van der Waals surface area contributed by atoms with Gasteiger partial charge in [-0.2, -0.15) is 5.26 Å². The van der Waals surface area contributed by atoms with Crippen LogP contribution in [-0.2, 0) is 0 Å². The molecule has 0 saturated carbocycles. The molecular weight excluding hydrogens is 288 g/mol. The lowest BCUT2D eigenvalue weighted by molar-refractivity contribution is 0.0919. The minimum Gasteiger partial charge on any atom is -0.333 e. The zero-order valence-electron chi connectivity index (χ0n) is 9.21. The zero-order valence-corrected chi connectivity index (χ0v) is 11.6. The Hall–Kier alpha value is -0.860. The molecule has 16 heavy (non-hydrogen) atoms. The first-order valence-electron chi connectivity index (χ1n) is 5.05. The highest BCUT2D eigenvalue weighted by Gasteiger charge is 2.29. The molecule has 0 radical (unpaired) electrons. The maximum atomic E-state index is 11.9. The van der Waals surface area contributed by atoms with Gasteiger partial charge in [-0.3, -0.25) is 4.79 Å². The van der Waals surface area contributed by atoms with Crippen LogP contribution in [0, 0.1) is 11.3 Å². The highest BCUT2D eigenvalue weighted by atomic mass is 79.9. The molecular formula is C11H13BrN2OS. The van der Waals surface area contributed by atoms with Gasteiger partial charge < -0.3 is 5.32 Å². The van der Waals surface area contributed by atoms with Gasteiger partial charge in [0.25, 0.3) is 5.91 Å². The zero-order chi connectivity index (χ0) is 12.2. The number of carbonyl (C=O) groups excluding carboxylic acids is 1. The fraction of sp³-hybridized carbons (Fsp3) is 0.455. The van der Waals surface area contributed by atoms with Crippen molar-refractivity contribution in [3.05, 3.63) is 20.8 Å². The van der Waals surface area contributed by atoms with E-state index in [1.807, 2.05) is 25.3 Å². The second kappa shape index (κ2) is 5.46. The standard InChI is InChI=1S/C11H13BrN2OS/c1-3-11(4-2,7-13)14-10(15)9-8(12)5-6-16-9/h5-6H,3-4H2,1-2H3,(H,14,15). The molecule has 0 unspecified atom stereocenters. The van der Waals surface area contributed by atoms with Crippen molar-refractivity contribution in [1.29, 1.82) is 5.26 Å². The summed E-state index contributed by atoms with van der Waals surface area (Å²) in [6.45, 7) is 3.80. The molecule has 0 spiro atoms. The molecule has 3 nitrogen and oxygen atoms in total. The van der Waals surface area contributed by atoms with Crippen LogP contribution in [0.5, 0.6) is 0 Å². The van der Waals surface area contributed by atoms with Gasteiger partial charge in [-0.15, -0.1) is 11.3 Å². The van der Waals surface area contributed by atoms with Gasteiger partial charge in [0.05, 0.1) is 6.07 Å². The Morgan fingerprint density at radius 3 is 2.62 bits per heavy atom. The lowest BCUT2D eigenvalue weighted by Gasteiger charge is -2.24. The summed E-state index contributed by atoms with van der Waals surface area (Å²) in [5.41, 5.74) is -0.749. The molecule has 1 N–H and O–H groups in total. The summed E-state index contributed by atoms with van der Waals surface area (Å²) >= 11 is 4.67. The van der Waals surface area contributed by atoms with Gasteiger partial charge in [-0.05, 0) is 40.2 Å². The summed E-state index contributed by atoms with van der Waals surface area (Å²) in [7, 11) is 0. The van der Waals surface area contributed by atoms with Crippen LogP contribution in [0.2, 0.25) is 0 Å². The quantitative estimate of drug-likeness (QED) is 0.927. The van der Waals surface area contributed by atoms with E-state index in [1.54, 1.807) is 0 Å². The summed E-state index contributed by atoms with van der Waals surface area (Å²) in [5, 5.41) is 13.8. The average molecular weight is 301 g/mol. The SMILES string of the molecule is CCC(C#N)(CC)NC(=O)c1sccc1Br. The number of nitriles is 1. The predicted molar refractivity (Wildman–Crippen MR) is 68.4 cm³/mol. The number of nitrogens with one attached hydrogen (secondary N) is 1. The molecule has 0 aromatic carbocycles. The van der Waals surface area contributed by atoms with Crippen molar-refractivity contribution in [1.82, 2.24) is 5.32 Å². The molecule has 1 amide bonds. The van der Waals surface area contributed by atoms with E-state index in [-0.39, 0.29) is 5.91 Å². The van der Waals surface area contributed by atoms with E-state index >= 15 is 0 Å². The number of hydrogen-bond acceptors (Lipinski definition) is 3. The smallest absolute Gasteiger partial charge is 0.263 e. The van der Waals surface area contributed by atoms with Crippen molar-refractivity contribution in [2.75, 3.05) is 0 Å². The first-order valence-corrected chi connectivity index (χ1v) is 6.72. The van der Waals surface area contributed by atoms with Gasteiger partial charge in [0.1, 0.15) is 10.4 Å². The van der Waals surface area contributed by atoms with E-state index in [1.165, 1.54) is 11.3 Å². The summed E-state index contributed by atoms with van der Waals surface area (Å²) in [6.07, 6.45) is 1.21. The summed E-state index contributed by atoms with van der Waals surface area (Å²) in [4.78, 5) is 12.5. The third-order valence-corrected chi connectivity index (χ3v) is 4.43. The first kappa shape index (κ1) is 13.2. The van der Waals surface area contributed by atoms with E-state index in [9.17, 15) is 4.79 Å². The van der Waals surface area contributed by atoms with Crippen molar-refractivity contribution in [2.24, 2.45) is 0 Å². The third-order valence-electron chi connectivity index (χ3n) is 2.60. The topological polar surface area (TPSA) is 52.9 Å². The van der Waals surface area contributed by atoms with E-state index in [2.05, 4.69) is 27.3 Å². The largest absolute Gasteiger partial charge is 0.333 e. The minimum atomic E-state index is -0.749. The van der Waals surface area contributed by atoms with Crippen LogP contribution >= 0.6 is 27.3 Å². The molecule has 0 aliphatic carbocycles. The monoisotopic (exact) mass is 300 g/mol. The van der Waals surface area contributed by atoms with Crippen molar-refractivity contribution in [3.63, 3.8) is 0 Å². The number of rotatable bonds is 4. The molecule has 1 aromatic rings. The molecule has 86 valence electrons. The van der Waals surface area contributed by atoms with E-state index in [0.717, 1.165) is 4.47 Å². The highest BCUT2D eigenvalue weighted by molar-refractivity contribution is 9.10. The highest BCUT2D eigenvalue weighted by Crippen LogP contribution is 2.24. The number of amides is 1. The maximum absolute atomic E-state index is 11.9. The Morgan fingerprint density at radius 1 is 1.62 bits per heavy atom. The molecule has 0 fully saturated rings. The Labute approximate surface area is 108 Å². The van der Waals surface area contributed by atoms with Crippen LogP contribution in [-0.4, -0.2) is 11.4 Å². The number of hydrogen-bond donors (Lipinski definition) is 1. The Kier molecular flexibility index (Phi) is 4.51. The lowest BCUT2D eigenvalue weighted by atomic mass is 9.95. The third kappa shape index (κ3) is 2.63. The van der Waals surface area contributed by atoms with Gasteiger partial charge in [0.2, 0.25) is 0 Å². The minimum absolute atomic E-state index is 0.188. The second-order valence-corrected chi connectivity index (χ2v) is 5.22. The van der Waals surface area contributed by atoms with Crippen molar-refractivity contribution in [2.45, 2.75) is 32.2 Å². The molecule has 1 aromatic heterocycles. The number of thiophene rings is 1. The molecule has 0 aliphatic heterocycles. The Bertz CT molecular complexity index is 418. The van der Waals surface area contributed by atoms with Crippen LogP contribution in [0.25, 0.3) is 0 Å². The number of nitrogens with zero attached hydrogens (tertiary/aromatic N) is 1. The molecule has 0 aliphatic rings. The molecule has 1 heterocycles. The fourth-order valence-corrected chi connectivity index (χ4v) is 2.79. The molecule has 0 bridgehead atoms. The number of halogens is 1. The first-order chi connectivity index (χ1) is 7.58. The average Bonchev–Trinajstić information content (AvgIpc) is 2.72. The molecule has 0 atom stereocenters. The van der Waals surface area contributed by atoms with E-state index in [4.69, 9.17) is 5.26 Å². The summed E-state index contributed by atoms with van der Waals surface area (Å²) < 4.78 is 0.772. The fourth-order valence-electron chi connectivity index (χ4n) is 1.34. The van der Waals surface area contributed by atoms with Crippen molar-refractivity contribution >= 4 is 33.2 Å². The van der Waals surface area contributed by atoms with Crippen LogP contribution < -0.4 is 5.32 Å². The van der Waals surface area contributed by atoms with Crippen molar-refractivity contribution in [3.8, 4) is 6.07 Å². The Balaban J connectivity index is 2.86. The molecule has 1 rings (SSSR count). The van der Waals surface area contributed by atoms with Gasteiger partial charge in [-0.1, -0.05) is 13.8 Å². The Morgan fingerprint density at radius 2 is 2.25 bits per heavy atom. The second-order valence-electron chi connectivity index (χ2n) is 3.45. The van der Waals surface area contributed by atoms with Crippen LogP contribution in [0.3, 0.4) is 0 Å². The maximum Gasteiger partial charge on any atom is 0.263 e. The lowest BCUT2D eigenvalue weighted by Crippen LogP contribution is -2.46. The summed E-state index contributed by atoms with van der Waals surface area (Å²) in [5.74, 6) is -0.188. The predicted octanol–water partition coefficient (Wildman–Crippen LogP) is 3.32. The molecule has 0 saturated heterocycles. The van der Waals surface area contributed by atoms with Crippen LogP contribution in [0.4, 0.5) is 0 Å². The summed E-state index contributed by atoms with van der Waals surface area (Å²) in [6, 6.07) is 4.01. The van der Waals surface area contributed by atoms with Crippen LogP contribution in [0.1, 0.15) is 36.4 Å².